The molecule has 0 unspecified atom stereocenters. The molecule has 4 heterocycles. The summed E-state index contributed by atoms with van der Waals surface area (Å²) in [6.45, 7) is 8.37. The fourth-order valence-electron chi connectivity index (χ4n) is 7.92. The Kier molecular flexibility index (Phi) is 12.2. The van der Waals surface area contributed by atoms with E-state index < -0.39 is 5.60 Å². The van der Waals surface area contributed by atoms with Crippen molar-refractivity contribution in [1.82, 2.24) is 19.8 Å². The molecule has 2 aliphatic heterocycles. The van der Waals surface area contributed by atoms with Gasteiger partial charge in [-0.05, 0) is 99.3 Å². The summed E-state index contributed by atoms with van der Waals surface area (Å²) in [5.74, 6) is -0.387. The number of rotatable bonds is 4. The van der Waals surface area contributed by atoms with E-state index in [0.29, 0.717) is 27.9 Å². The number of allylic oxidation sites excluding steroid dienone is 2. The largest absolute Gasteiger partial charge is 2.00 e. The summed E-state index contributed by atoms with van der Waals surface area (Å²) in [6, 6.07) is 7.86. The Morgan fingerprint density at radius 2 is 1.17 bits per heavy atom. The monoisotopic (exact) mass is 732 g/mol. The van der Waals surface area contributed by atoms with E-state index in [9.17, 15) is 30.0 Å². The van der Waals surface area contributed by atoms with Crippen LogP contribution in [0.5, 0.6) is 0 Å². The molecule has 12 heteroatoms. The van der Waals surface area contributed by atoms with Crippen LogP contribution < -0.4 is 12.4 Å². The van der Waals surface area contributed by atoms with Crippen molar-refractivity contribution in [2.24, 2.45) is 10.8 Å². The van der Waals surface area contributed by atoms with Crippen molar-refractivity contribution >= 4 is 51.8 Å². The molecule has 6 aliphatic rings. The van der Waals surface area contributed by atoms with Crippen LogP contribution >= 0.6 is 0 Å². The molecule has 10 nitrogen and oxygen atoms in total. The second-order valence-corrected chi connectivity index (χ2v) is 15.4. The Hall–Kier alpha value is -3.61. The van der Waals surface area contributed by atoms with E-state index in [-0.39, 0.29) is 84.2 Å². The van der Waals surface area contributed by atoms with Gasteiger partial charge in [0.15, 0.2) is 17.3 Å². The fourth-order valence-corrected chi connectivity index (χ4v) is 7.92. The third-order valence-electron chi connectivity index (χ3n) is 11.6. The minimum atomic E-state index is -1.06. The maximum Gasteiger partial charge on any atom is 2.00 e. The number of ketones is 3. The molecule has 4 aliphatic carbocycles. The molecule has 0 atom stereocenters. The molecular weight excluding hydrogens is 688 g/mol. The normalized spacial score (nSPS) is 20.5. The van der Waals surface area contributed by atoms with Crippen LogP contribution in [0.3, 0.4) is 0 Å². The SMILES string of the molecule is CC(=O)c1cc2c(cn1)CC(=O)C(C#N)=C2N1CCC2(CC1)CC2.CC(C)(O)c1cc2c(cn1)CC(=O)C(C#N)=C2N1CCC2(CC1)CC2.[CH3-].[Cl-].[Mg+2]. The maximum absolute atomic E-state index is 12.5. The van der Waals surface area contributed by atoms with Crippen LogP contribution in [-0.4, -0.2) is 91.5 Å². The van der Waals surface area contributed by atoms with Crippen LogP contribution in [0.2, 0.25) is 0 Å². The number of likely N-dealkylation sites (tertiary alicyclic amines) is 2. The average molecular weight is 734 g/mol. The number of carbonyl (C=O) groups excluding carboxylic acids is 3. The van der Waals surface area contributed by atoms with Gasteiger partial charge in [0.2, 0.25) is 0 Å². The van der Waals surface area contributed by atoms with Gasteiger partial charge in [-0.2, -0.15) is 10.5 Å². The number of fused-ring (bicyclic) bond motifs is 2. The number of pyridine rings is 2. The van der Waals surface area contributed by atoms with Gasteiger partial charge in [-0.1, -0.05) is 0 Å². The number of aromatic nitrogens is 2. The second-order valence-electron chi connectivity index (χ2n) is 15.4. The number of carbonyl (C=O) groups is 3. The third kappa shape index (κ3) is 7.84. The van der Waals surface area contributed by atoms with Gasteiger partial charge in [-0.15, -0.1) is 0 Å². The number of hydrogen-bond donors (Lipinski definition) is 1. The van der Waals surface area contributed by atoms with Gasteiger partial charge in [0.05, 0.1) is 17.1 Å². The molecule has 2 aromatic heterocycles. The minimum Gasteiger partial charge on any atom is -1.00 e. The fraction of sp³-hybridized carbons (Fsp3) is 0.500. The quantitative estimate of drug-likeness (QED) is 0.281. The van der Waals surface area contributed by atoms with Gasteiger partial charge in [-0.3, -0.25) is 24.4 Å². The Labute approximate surface area is 328 Å². The number of nitrogens with zero attached hydrogens (tertiary/aromatic N) is 6. The zero-order valence-corrected chi connectivity index (χ0v) is 32.8. The van der Waals surface area contributed by atoms with Crippen molar-refractivity contribution in [3.05, 3.63) is 76.7 Å². The summed E-state index contributed by atoms with van der Waals surface area (Å²) in [5.41, 5.74) is 6.25. The van der Waals surface area contributed by atoms with E-state index in [4.69, 9.17) is 0 Å². The maximum atomic E-state index is 12.5. The van der Waals surface area contributed by atoms with Crippen LogP contribution in [0.1, 0.15) is 111 Å². The number of piperidine rings is 2. The minimum absolute atomic E-state index is 0. The second kappa shape index (κ2) is 15.4. The number of Topliss-reactive ketones (excluding diaryl/α,β-unsaturated/α-hetero) is 3. The Morgan fingerprint density at radius 1 is 0.769 bits per heavy atom. The van der Waals surface area contributed by atoms with Crippen molar-refractivity contribution < 1.29 is 31.9 Å². The molecule has 268 valence electrons. The molecule has 2 saturated heterocycles. The predicted octanol–water partition coefficient (Wildman–Crippen LogP) is 2.14. The predicted molar refractivity (Wildman–Crippen MR) is 193 cm³/mol. The zero-order chi connectivity index (χ0) is 34.7. The van der Waals surface area contributed by atoms with Gasteiger partial charge in [0.1, 0.15) is 34.6 Å². The molecule has 0 bridgehead atoms. The van der Waals surface area contributed by atoms with E-state index in [1.807, 2.05) is 6.07 Å². The summed E-state index contributed by atoms with van der Waals surface area (Å²) < 4.78 is 0. The van der Waals surface area contributed by atoms with Crippen LogP contribution in [0.15, 0.2) is 35.7 Å². The number of hydrogen-bond acceptors (Lipinski definition) is 10. The first kappa shape index (κ1) is 41.1. The van der Waals surface area contributed by atoms with Crippen LogP contribution in [0, 0.1) is 40.9 Å². The molecule has 1 N–H and O–H groups in total. The Balaban J connectivity index is 0.000000220. The van der Waals surface area contributed by atoms with Gasteiger partial charge in [0, 0.05) is 69.5 Å². The summed E-state index contributed by atoms with van der Waals surface area (Å²) in [4.78, 5) is 49.4. The molecule has 0 aromatic carbocycles. The molecule has 2 spiro atoms. The molecular formula is C40H45ClMgN6O4. The average Bonchev–Trinajstić information content (AvgIpc) is 4.02. The van der Waals surface area contributed by atoms with Gasteiger partial charge in [0.25, 0.3) is 0 Å². The van der Waals surface area contributed by atoms with Crippen molar-refractivity contribution in [2.75, 3.05) is 26.2 Å². The zero-order valence-electron chi connectivity index (χ0n) is 30.6. The van der Waals surface area contributed by atoms with E-state index >= 15 is 0 Å². The van der Waals surface area contributed by atoms with Gasteiger partial charge in [-0.25, -0.2) is 0 Å². The topological polar surface area (TPSA) is 151 Å². The summed E-state index contributed by atoms with van der Waals surface area (Å²) in [5, 5.41) is 29.5. The standard InChI is InChI=1S/C20H23N3O2.C19H19N3O2.CH3.ClH.Mg/c1-19(2,25)17-10-14-13(12-22-17)9-16(24)15(11-21)18(14)23-7-5-20(3-4-20)6-8-23;1-12(23)16-9-14-13(11-21-16)8-17(24)15(10-20)18(14)22-6-4-19(2-3-19)5-7-22;;;/h10,12,25H,3-9H2,1-2H3;9,11H,2-8H2,1H3;1H3;1H;/q;;-1;;+2/p-1. The first-order valence-corrected chi connectivity index (χ1v) is 17.4. The molecule has 8 rings (SSSR count). The van der Waals surface area contributed by atoms with Crippen molar-refractivity contribution in [3.8, 4) is 12.1 Å². The van der Waals surface area contributed by atoms with E-state index in [1.165, 1.54) is 32.6 Å². The van der Waals surface area contributed by atoms with Crippen molar-refractivity contribution in [3.63, 3.8) is 0 Å². The van der Waals surface area contributed by atoms with Crippen molar-refractivity contribution in [2.45, 2.75) is 90.6 Å². The Morgan fingerprint density at radius 3 is 1.54 bits per heavy atom. The molecule has 2 saturated carbocycles. The van der Waals surface area contributed by atoms with Crippen LogP contribution in [0.25, 0.3) is 11.4 Å². The smallest absolute Gasteiger partial charge is 1.00 e. The number of halogens is 1. The summed E-state index contributed by atoms with van der Waals surface area (Å²) in [6.07, 6.45) is 13.4. The molecule has 0 radical (unpaired) electrons. The van der Waals surface area contributed by atoms with E-state index in [0.717, 1.165) is 79.8 Å². The van der Waals surface area contributed by atoms with E-state index in [2.05, 4.69) is 31.9 Å². The van der Waals surface area contributed by atoms with E-state index in [1.54, 1.807) is 32.3 Å². The van der Waals surface area contributed by atoms with Gasteiger partial charge < -0.3 is 34.7 Å². The molecule has 4 fully saturated rings. The summed E-state index contributed by atoms with van der Waals surface area (Å²) >= 11 is 0. The van der Waals surface area contributed by atoms with Crippen LogP contribution in [-0.2, 0) is 28.0 Å². The molecule has 52 heavy (non-hydrogen) atoms. The Bertz CT molecular complexity index is 1920. The first-order chi connectivity index (χ1) is 23.4. The number of aliphatic hydroxyl groups is 1. The number of nitriles is 2. The van der Waals surface area contributed by atoms with Crippen molar-refractivity contribution in [1.29, 1.82) is 10.5 Å². The first-order valence-electron chi connectivity index (χ1n) is 17.4. The third-order valence-corrected chi connectivity index (χ3v) is 11.6. The van der Waals surface area contributed by atoms with Crippen LogP contribution in [0.4, 0.5) is 0 Å². The molecule has 0 amide bonds. The summed E-state index contributed by atoms with van der Waals surface area (Å²) in [7, 11) is 0. The van der Waals surface area contributed by atoms with Gasteiger partial charge >= 0.3 is 23.1 Å². The molecule has 2 aromatic rings.